The van der Waals surface area contributed by atoms with Gasteiger partial charge in [0.05, 0.1) is 0 Å². The second-order valence-corrected chi connectivity index (χ2v) is 5.78. The van der Waals surface area contributed by atoms with Crippen molar-refractivity contribution in [1.29, 1.82) is 0 Å². The molecule has 0 aliphatic carbocycles. The molecule has 2 nitrogen and oxygen atoms in total. The maximum Gasteiger partial charge on any atom is 0.0418 e. The second kappa shape index (κ2) is 7.51. The van der Waals surface area contributed by atoms with E-state index in [2.05, 4.69) is 48.4 Å². The highest BCUT2D eigenvalue weighted by Crippen LogP contribution is 2.26. The van der Waals surface area contributed by atoms with Gasteiger partial charge in [-0.05, 0) is 35.7 Å². The van der Waals surface area contributed by atoms with Crippen molar-refractivity contribution in [2.45, 2.75) is 26.3 Å². The monoisotopic (exact) mass is 274 g/mol. The van der Waals surface area contributed by atoms with Crippen LogP contribution in [0.3, 0.4) is 0 Å². The molecule has 19 heavy (non-hydrogen) atoms. The van der Waals surface area contributed by atoms with Crippen molar-refractivity contribution in [2.75, 3.05) is 18.1 Å². The van der Waals surface area contributed by atoms with Gasteiger partial charge >= 0.3 is 0 Å². The number of fused-ring (bicyclic) bond motifs is 1. The largest absolute Gasteiger partial charge is 0.309 e. The fourth-order valence-corrected chi connectivity index (χ4v) is 3.28. The number of thioether (sulfide) groups is 1. The highest BCUT2D eigenvalue weighted by atomic mass is 32.2. The van der Waals surface area contributed by atoms with Gasteiger partial charge in [0.25, 0.3) is 0 Å². The predicted molar refractivity (Wildman–Crippen MR) is 85.8 cm³/mol. The van der Waals surface area contributed by atoms with Crippen LogP contribution in [0.2, 0.25) is 0 Å². The van der Waals surface area contributed by atoms with E-state index in [-0.39, 0.29) is 0 Å². The van der Waals surface area contributed by atoms with E-state index < -0.39 is 0 Å². The molecule has 1 atom stereocenters. The molecule has 0 fully saturated rings. The Morgan fingerprint density at radius 1 is 1.26 bits per heavy atom. The third-order valence-electron chi connectivity index (χ3n) is 3.18. The summed E-state index contributed by atoms with van der Waals surface area (Å²) in [6.45, 7) is 5.39. The van der Waals surface area contributed by atoms with Crippen molar-refractivity contribution < 1.29 is 0 Å². The zero-order valence-corrected chi connectivity index (χ0v) is 12.5. The van der Waals surface area contributed by atoms with Gasteiger partial charge in [-0.3, -0.25) is 4.98 Å². The molecule has 1 aromatic carbocycles. The Labute approximate surface area is 120 Å². The Morgan fingerprint density at radius 3 is 2.95 bits per heavy atom. The van der Waals surface area contributed by atoms with Crippen LogP contribution < -0.4 is 5.32 Å². The number of hydrogen-bond donors (Lipinski definition) is 1. The smallest absolute Gasteiger partial charge is 0.0418 e. The molecule has 102 valence electrons. The molecule has 2 rings (SSSR count). The van der Waals surface area contributed by atoms with Gasteiger partial charge in [-0.1, -0.05) is 32.0 Å². The number of benzene rings is 1. The number of nitrogens with zero attached hydrogens (tertiary/aromatic N) is 1. The van der Waals surface area contributed by atoms with Crippen LogP contribution in [0.25, 0.3) is 10.8 Å². The van der Waals surface area contributed by atoms with Gasteiger partial charge in [0.2, 0.25) is 0 Å². The predicted octanol–water partition coefficient (Wildman–Crippen LogP) is 4.03. The van der Waals surface area contributed by atoms with Crippen molar-refractivity contribution >= 4 is 22.5 Å². The molecule has 0 bridgehead atoms. The summed E-state index contributed by atoms with van der Waals surface area (Å²) in [6, 6.07) is 9.02. The van der Waals surface area contributed by atoms with E-state index in [4.69, 9.17) is 0 Å². The summed E-state index contributed by atoms with van der Waals surface area (Å²) >= 11 is 2.02. The Kier molecular flexibility index (Phi) is 5.67. The molecule has 0 saturated heterocycles. The number of nitrogens with one attached hydrogen (secondary N) is 1. The van der Waals surface area contributed by atoms with Crippen molar-refractivity contribution in [1.82, 2.24) is 10.3 Å². The summed E-state index contributed by atoms with van der Waals surface area (Å²) in [5, 5.41) is 6.15. The summed E-state index contributed by atoms with van der Waals surface area (Å²) in [7, 11) is 0. The van der Waals surface area contributed by atoms with E-state index in [9.17, 15) is 0 Å². The summed E-state index contributed by atoms with van der Waals surface area (Å²) in [5.74, 6) is 2.35. The lowest BCUT2D eigenvalue weighted by atomic mass is 10.0. The van der Waals surface area contributed by atoms with Crippen LogP contribution in [0.4, 0.5) is 0 Å². The molecule has 0 aliphatic heterocycles. The van der Waals surface area contributed by atoms with Crippen molar-refractivity contribution in [3.8, 4) is 0 Å². The van der Waals surface area contributed by atoms with Crippen LogP contribution in [-0.2, 0) is 0 Å². The van der Waals surface area contributed by atoms with Crippen LogP contribution in [0.5, 0.6) is 0 Å². The molecular weight excluding hydrogens is 252 g/mol. The van der Waals surface area contributed by atoms with E-state index in [1.165, 1.54) is 28.5 Å². The van der Waals surface area contributed by atoms with Gasteiger partial charge in [-0.15, -0.1) is 0 Å². The standard InChI is InChI=1S/C16H22N2S/c1-3-10-19-12-16(18-4-2)14-7-5-6-13-8-9-17-11-15(13)14/h5-9,11,16,18H,3-4,10,12H2,1-2H3. The molecule has 1 aromatic heterocycles. The molecule has 0 saturated carbocycles. The molecule has 0 amide bonds. The highest BCUT2D eigenvalue weighted by Gasteiger charge is 2.13. The van der Waals surface area contributed by atoms with Gasteiger partial charge in [0.15, 0.2) is 0 Å². The molecule has 0 aliphatic rings. The SMILES string of the molecule is CCCSCC(NCC)c1cccc2ccncc12. The van der Waals surface area contributed by atoms with Crippen LogP contribution in [-0.4, -0.2) is 23.0 Å². The van der Waals surface area contributed by atoms with Crippen LogP contribution in [0, 0.1) is 0 Å². The lowest BCUT2D eigenvalue weighted by molar-refractivity contribution is 0.609. The van der Waals surface area contributed by atoms with Crippen molar-refractivity contribution in [2.24, 2.45) is 0 Å². The van der Waals surface area contributed by atoms with Gasteiger partial charge < -0.3 is 5.32 Å². The third kappa shape index (κ3) is 3.71. The minimum Gasteiger partial charge on any atom is -0.309 e. The first-order chi connectivity index (χ1) is 9.36. The lowest BCUT2D eigenvalue weighted by Crippen LogP contribution is -2.23. The molecular formula is C16H22N2S. The quantitative estimate of drug-likeness (QED) is 0.772. The minimum absolute atomic E-state index is 0.412. The number of rotatable bonds is 7. The Morgan fingerprint density at radius 2 is 2.16 bits per heavy atom. The first-order valence-corrected chi connectivity index (χ1v) is 8.16. The van der Waals surface area contributed by atoms with Crippen LogP contribution in [0.1, 0.15) is 31.9 Å². The first kappa shape index (κ1) is 14.4. The van der Waals surface area contributed by atoms with E-state index in [0.717, 1.165) is 12.3 Å². The van der Waals surface area contributed by atoms with E-state index >= 15 is 0 Å². The fourth-order valence-electron chi connectivity index (χ4n) is 2.29. The highest BCUT2D eigenvalue weighted by molar-refractivity contribution is 7.99. The number of aromatic nitrogens is 1. The van der Waals surface area contributed by atoms with E-state index in [0.29, 0.717) is 6.04 Å². The Balaban J connectivity index is 2.27. The molecule has 1 N–H and O–H groups in total. The molecule has 0 spiro atoms. The Hall–Kier alpha value is -1.06. The maximum absolute atomic E-state index is 4.28. The van der Waals surface area contributed by atoms with Crippen LogP contribution >= 0.6 is 11.8 Å². The van der Waals surface area contributed by atoms with Crippen LogP contribution in [0.15, 0.2) is 36.7 Å². The average Bonchev–Trinajstić information content (AvgIpc) is 2.46. The number of pyridine rings is 1. The topological polar surface area (TPSA) is 24.9 Å². The third-order valence-corrected chi connectivity index (χ3v) is 4.44. The second-order valence-electron chi connectivity index (χ2n) is 4.63. The first-order valence-electron chi connectivity index (χ1n) is 7.00. The minimum atomic E-state index is 0.412. The molecule has 1 heterocycles. The summed E-state index contributed by atoms with van der Waals surface area (Å²) in [6.07, 6.45) is 5.08. The van der Waals surface area contributed by atoms with Crippen molar-refractivity contribution in [3.05, 3.63) is 42.2 Å². The lowest BCUT2D eigenvalue weighted by Gasteiger charge is -2.19. The summed E-state index contributed by atoms with van der Waals surface area (Å²) in [4.78, 5) is 4.28. The zero-order valence-electron chi connectivity index (χ0n) is 11.7. The summed E-state index contributed by atoms with van der Waals surface area (Å²) in [5.41, 5.74) is 1.37. The van der Waals surface area contributed by atoms with Gasteiger partial charge in [-0.25, -0.2) is 0 Å². The van der Waals surface area contributed by atoms with Gasteiger partial charge in [-0.2, -0.15) is 11.8 Å². The molecule has 3 heteroatoms. The maximum atomic E-state index is 4.28. The van der Waals surface area contributed by atoms with Gasteiger partial charge in [0, 0.05) is 29.6 Å². The van der Waals surface area contributed by atoms with Crippen molar-refractivity contribution in [3.63, 3.8) is 0 Å². The van der Waals surface area contributed by atoms with E-state index in [1.807, 2.05) is 24.2 Å². The number of hydrogen-bond acceptors (Lipinski definition) is 3. The summed E-state index contributed by atoms with van der Waals surface area (Å²) < 4.78 is 0. The molecule has 2 aromatic rings. The Bertz CT molecular complexity index is 508. The van der Waals surface area contributed by atoms with Gasteiger partial charge in [0.1, 0.15) is 0 Å². The fraction of sp³-hybridized carbons (Fsp3) is 0.438. The zero-order chi connectivity index (χ0) is 13.5. The normalized spacial score (nSPS) is 12.7. The molecule has 0 radical (unpaired) electrons. The molecule has 1 unspecified atom stereocenters. The van der Waals surface area contributed by atoms with E-state index in [1.54, 1.807) is 0 Å². The average molecular weight is 274 g/mol.